The van der Waals surface area contributed by atoms with Crippen molar-refractivity contribution >= 4 is 5.69 Å². The molecule has 1 aliphatic heterocycles. The number of fused-ring (bicyclic) bond motifs is 1. The second kappa shape index (κ2) is 4.41. The third-order valence-electron chi connectivity index (χ3n) is 4.27. The maximum Gasteiger partial charge on any atom is 0.0378 e. The summed E-state index contributed by atoms with van der Waals surface area (Å²) in [5, 5.41) is 3.51. The van der Waals surface area contributed by atoms with Gasteiger partial charge < -0.3 is 5.32 Å². The van der Waals surface area contributed by atoms with Gasteiger partial charge in [-0.15, -0.1) is 0 Å². The van der Waals surface area contributed by atoms with E-state index in [0.717, 1.165) is 6.54 Å². The van der Waals surface area contributed by atoms with Gasteiger partial charge in [-0.1, -0.05) is 44.2 Å². The van der Waals surface area contributed by atoms with Crippen LogP contribution in [0.4, 0.5) is 5.69 Å². The molecule has 3 rings (SSSR count). The molecule has 1 heteroatoms. The maximum absolute atomic E-state index is 3.51. The molecule has 1 heterocycles. The Balaban J connectivity index is 2.14. The maximum atomic E-state index is 3.51. The highest BCUT2D eigenvalue weighted by atomic mass is 14.9. The zero-order valence-electron chi connectivity index (χ0n) is 12.0. The summed E-state index contributed by atoms with van der Waals surface area (Å²) >= 11 is 0. The monoisotopic (exact) mass is 251 g/mol. The molecule has 19 heavy (non-hydrogen) atoms. The molecule has 1 nitrogen and oxygen atoms in total. The van der Waals surface area contributed by atoms with E-state index in [9.17, 15) is 0 Å². The Hall–Kier alpha value is -1.76. The molecular weight excluding hydrogens is 230 g/mol. The van der Waals surface area contributed by atoms with Crippen molar-refractivity contribution in [2.45, 2.75) is 32.6 Å². The van der Waals surface area contributed by atoms with Crippen molar-refractivity contribution in [2.24, 2.45) is 0 Å². The minimum atomic E-state index is 0.263. The van der Waals surface area contributed by atoms with Crippen LogP contribution in [0, 0.1) is 6.92 Å². The van der Waals surface area contributed by atoms with Crippen LogP contribution in [0.25, 0.3) is 11.1 Å². The number of aryl methyl sites for hydroxylation is 1. The average Bonchev–Trinajstić information content (AvgIpc) is 2.39. The molecule has 2 aromatic rings. The SMILES string of the molecule is Cc1ccccc1-c1ccc2c(c1)C(C)(C)CCN2. The van der Waals surface area contributed by atoms with Gasteiger partial charge in [0.05, 0.1) is 0 Å². The first-order chi connectivity index (χ1) is 9.08. The lowest BCUT2D eigenvalue weighted by atomic mass is 9.77. The second-order valence-electron chi connectivity index (χ2n) is 6.14. The van der Waals surface area contributed by atoms with E-state index in [2.05, 4.69) is 68.6 Å². The molecule has 0 fully saturated rings. The Morgan fingerprint density at radius 3 is 2.63 bits per heavy atom. The van der Waals surface area contributed by atoms with Crippen molar-refractivity contribution < 1.29 is 0 Å². The fourth-order valence-corrected chi connectivity index (χ4v) is 2.97. The largest absolute Gasteiger partial charge is 0.385 e. The van der Waals surface area contributed by atoms with E-state index in [1.807, 2.05) is 0 Å². The summed E-state index contributed by atoms with van der Waals surface area (Å²) in [5.74, 6) is 0. The van der Waals surface area contributed by atoms with Crippen molar-refractivity contribution in [3.8, 4) is 11.1 Å². The molecule has 0 aromatic heterocycles. The number of rotatable bonds is 1. The topological polar surface area (TPSA) is 12.0 Å². The van der Waals surface area contributed by atoms with Gasteiger partial charge >= 0.3 is 0 Å². The van der Waals surface area contributed by atoms with Crippen molar-refractivity contribution in [1.29, 1.82) is 0 Å². The number of hydrogen-bond acceptors (Lipinski definition) is 1. The van der Waals surface area contributed by atoms with Crippen LogP contribution in [-0.2, 0) is 5.41 Å². The molecule has 0 bridgehead atoms. The highest BCUT2D eigenvalue weighted by molar-refractivity contribution is 5.72. The van der Waals surface area contributed by atoms with Crippen LogP contribution in [-0.4, -0.2) is 6.54 Å². The Morgan fingerprint density at radius 2 is 1.84 bits per heavy atom. The van der Waals surface area contributed by atoms with Gasteiger partial charge in [-0.2, -0.15) is 0 Å². The van der Waals surface area contributed by atoms with E-state index in [1.165, 1.54) is 34.4 Å². The van der Waals surface area contributed by atoms with E-state index in [0.29, 0.717) is 0 Å². The molecule has 0 atom stereocenters. The quantitative estimate of drug-likeness (QED) is 0.771. The molecule has 0 amide bonds. The minimum Gasteiger partial charge on any atom is -0.385 e. The summed E-state index contributed by atoms with van der Waals surface area (Å²) in [7, 11) is 0. The zero-order chi connectivity index (χ0) is 13.5. The summed E-state index contributed by atoms with van der Waals surface area (Å²) in [6, 6.07) is 15.4. The number of hydrogen-bond donors (Lipinski definition) is 1. The number of nitrogens with one attached hydrogen (secondary N) is 1. The molecule has 0 aliphatic carbocycles. The van der Waals surface area contributed by atoms with Crippen LogP contribution in [0.3, 0.4) is 0 Å². The average molecular weight is 251 g/mol. The normalized spacial score (nSPS) is 16.6. The van der Waals surface area contributed by atoms with Crippen LogP contribution >= 0.6 is 0 Å². The lowest BCUT2D eigenvalue weighted by molar-refractivity contribution is 0.482. The Morgan fingerprint density at radius 1 is 1.05 bits per heavy atom. The number of benzene rings is 2. The van der Waals surface area contributed by atoms with E-state index in [-0.39, 0.29) is 5.41 Å². The standard InChI is InChI=1S/C18H21N/c1-13-6-4-5-7-15(13)14-8-9-17-16(12-14)18(2,3)10-11-19-17/h4-9,12,19H,10-11H2,1-3H3. The molecule has 1 aliphatic rings. The van der Waals surface area contributed by atoms with Crippen molar-refractivity contribution in [3.63, 3.8) is 0 Å². The first kappa shape index (κ1) is 12.3. The molecule has 98 valence electrons. The predicted molar refractivity (Wildman–Crippen MR) is 82.7 cm³/mol. The lowest BCUT2D eigenvalue weighted by Crippen LogP contribution is -2.28. The van der Waals surface area contributed by atoms with E-state index in [1.54, 1.807) is 0 Å². The summed E-state index contributed by atoms with van der Waals surface area (Å²) in [5.41, 5.74) is 7.01. The lowest BCUT2D eigenvalue weighted by Gasteiger charge is -2.33. The molecule has 2 aromatic carbocycles. The van der Waals surface area contributed by atoms with Gasteiger partial charge in [0.1, 0.15) is 0 Å². The van der Waals surface area contributed by atoms with Gasteiger partial charge in [0.25, 0.3) is 0 Å². The Labute approximate surface area is 115 Å². The van der Waals surface area contributed by atoms with Gasteiger partial charge in [0.2, 0.25) is 0 Å². The summed E-state index contributed by atoms with van der Waals surface area (Å²) < 4.78 is 0. The van der Waals surface area contributed by atoms with Crippen LogP contribution in [0.2, 0.25) is 0 Å². The van der Waals surface area contributed by atoms with Crippen LogP contribution in [0.5, 0.6) is 0 Å². The van der Waals surface area contributed by atoms with Gasteiger partial charge in [-0.25, -0.2) is 0 Å². The van der Waals surface area contributed by atoms with E-state index >= 15 is 0 Å². The Kier molecular flexibility index (Phi) is 2.85. The first-order valence-corrected chi connectivity index (χ1v) is 7.02. The van der Waals surface area contributed by atoms with Crippen molar-refractivity contribution in [1.82, 2.24) is 0 Å². The van der Waals surface area contributed by atoms with E-state index in [4.69, 9.17) is 0 Å². The molecule has 0 unspecified atom stereocenters. The van der Waals surface area contributed by atoms with Gasteiger partial charge in [-0.3, -0.25) is 0 Å². The van der Waals surface area contributed by atoms with Gasteiger partial charge in [0, 0.05) is 12.2 Å². The van der Waals surface area contributed by atoms with Gasteiger partial charge in [-0.05, 0) is 53.1 Å². The second-order valence-corrected chi connectivity index (χ2v) is 6.14. The molecular formula is C18H21N. The summed E-state index contributed by atoms with van der Waals surface area (Å²) in [4.78, 5) is 0. The zero-order valence-corrected chi connectivity index (χ0v) is 12.0. The molecule has 0 saturated carbocycles. The smallest absolute Gasteiger partial charge is 0.0378 e. The summed E-state index contributed by atoms with van der Waals surface area (Å²) in [6.45, 7) is 7.94. The predicted octanol–water partition coefficient (Wildman–Crippen LogP) is 4.76. The fourth-order valence-electron chi connectivity index (χ4n) is 2.97. The molecule has 1 N–H and O–H groups in total. The van der Waals surface area contributed by atoms with Crippen LogP contribution < -0.4 is 5.32 Å². The third kappa shape index (κ3) is 2.14. The van der Waals surface area contributed by atoms with Crippen molar-refractivity contribution in [2.75, 3.05) is 11.9 Å². The van der Waals surface area contributed by atoms with Crippen LogP contribution in [0.1, 0.15) is 31.4 Å². The third-order valence-corrected chi connectivity index (χ3v) is 4.27. The molecule has 0 saturated heterocycles. The first-order valence-electron chi connectivity index (χ1n) is 7.02. The van der Waals surface area contributed by atoms with Gasteiger partial charge in [0.15, 0.2) is 0 Å². The highest BCUT2D eigenvalue weighted by Gasteiger charge is 2.27. The fraction of sp³-hybridized carbons (Fsp3) is 0.333. The highest BCUT2D eigenvalue weighted by Crippen LogP contribution is 2.39. The Bertz CT molecular complexity index is 611. The molecule has 0 radical (unpaired) electrons. The summed E-state index contributed by atoms with van der Waals surface area (Å²) in [6.07, 6.45) is 1.19. The van der Waals surface area contributed by atoms with Crippen molar-refractivity contribution in [3.05, 3.63) is 53.6 Å². The number of anilines is 1. The van der Waals surface area contributed by atoms with Crippen LogP contribution in [0.15, 0.2) is 42.5 Å². The molecule has 0 spiro atoms. The minimum absolute atomic E-state index is 0.263. The van der Waals surface area contributed by atoms with E-state index < -0.39 is 0 Å².